The Morgan fingerprint density at radius 3 is 2.28 bits per heavy atom. The van der Waals surface area contributed by atoms with Crippen LogP contribution in [-0.2, 0) is 10.0 Å². The van der Waals surface area contributed by atoms with Crippen LogP contribution in [0.2, 0.25) is 5.02 Å². The van der Waals surface area contributed by atoms with Crippen LogP contribution in [0.4, 0.5) is 5.69 Å². The SMILES string of the molecule is Cc1ccc(S(=O)(=O)NC(C)(C)C)cc1C(=O)Nc1cc(Cl)ccc1C(=O)N1CCCC1. The lowest BCUT2D eigenvalue weighted by Gasteiger charge is -2.21. The van der Waals surface area contributed by atoms with Crippen LogP contribution in [0.5, 0.6) is 0 Å². The van der Waals surface area contributed by atoms with Gasteiger partial charge in [-0.15, -0.1) is 0 Å². The van der Waals surface area contributed by atoms with E-state index in [9.17, 15) is 18.0 Å². The van der Waals surface area contributed by atoms with Crippen LogP contribution in [0.3, 0.4) is 0 Å². The Morgan fingerprint density at radius 1 is 1.00 bits per heavy atom. The van der Waals surface area contributed by atoms with Gasteiger partial charge in [0, 0.05) is 29.2 Å². The van der Waals surface area contributed by atoms with E-state index in [0.29, 0.717) is 34.9 Å². The van der Waals surface area contributed by atoms with Crippen molar-refractivity contribution in [1.29, 1.82) is 0 Å². The minimum atomic E-state index is -3.81. The van der Waals surface area contributed by atoms with Crippen molar-refractivity contribution in [2.75, 3.05) is 18.4 Å². The van der Waals surface area contributed by atoms with Gasteiger partial charge in [-0.05, 0) is 76.4 Å². The summed E-state index contributed by atoms with van der Waals surface area (Å²) < 4.78 is 28.0. The van der Waals surface area contributed by atoms with E-state index in [-0.39, 0.29) is 16.4 Å². The van der Waals surface area contributed by atoms with E-state index in [1.165, 1.54) is 18.2 Å². The first-order valence-electron chi connectivity index (χ1n) is 10.4. The Kier molecular flexibility index (Phi) is 6.97. The molecule has 7 nitrogen and oxygen atoms in total. The molecule has 2 aromatic rings. The Hall–Kier alpha value is -2.42. The van der Waals surface area contributed by atoms with Crippen LogP contribution in [0.25, 0.3) is 0 Å². The zero-order valence-electron chi connectivity index (χ0n) is 18.7. The van der Waals surface area contributed by atoms with Crippen molar-refractivity contribution in [2.24, 2.45) is 0 Å². The lowest BCUT2D eigenvalue weighted by atomic mass is 10.1. The van der Waals surface area contributed by atoms with Gasteiger partial charge in [0.2, 0.25) is 10.0 Å². The Bertz CT molecular complexity index is 1150. The summed E-state index contributed by atoms with van der Waals surface area (Å²) in [5.74, 6) is -0.690. The largest absolute Gasteiger partial charge is 0.339 e. The van der Waals surface area contributed by atoms with Gasteiger partial charge < -0.3 is 10.2 Å². The lowest BCUT2D eigenvalue weighted by molar-refractivity contribution is 0.0794. The summed E-state index contributed by atoms with van der Waals surface area (Å²) in [6.45, 7) is 8.29. The molecule has 2 aromatic carbocycles. The molecular weight excluding hydrogens is 450 g/mol. The molecule has 2 N–H and O–H groups in total. The van der Waals surface area contributed by atoms with Crippen molar-refractivity contribution in [2.45, 2.75) is 51.0 Å². The average molecular weight is 478 g/mol. The molecule has 0 bridgehead atoms. The maximum Gasteiger partial charge on any atom is 0.255 e. The molecule has 0 aliphatic carbocycles. The fourth-order valence-electron chi connectivity index (χ4n) is 3.56. The average Bonchev–Trinajstić information content (AvgIpc) is 3.20. The van der Waals surface area contributed by atoms with E-state index in [1.807, 2.05) is 0 Å². The van der Waals surface area contributed by atoms with Crippen molar-refractivity contribution in [1.82, 2.24) is 9.62 Å². The highest BCUT2D eigenvalue weighted by Crippen LogP contribution is 2.26. The fraction of sp³-hybridized carbons (Fsp3) is 0.391. The third-order valence-electron chi connectivity index (χ3n) is 5.06. The van der Waals surface area contributed by atoms with Gasteiger partial charge in [-0.3, -0.25) is 9.59 Å². The molecule has 1 fully saturated rings. The molecule has 1 saturated heterocycles. The second-order valence-corrected chi connectivity index (χ2v) is 11.1. The van der Waals surface area contributed by atoms with E-state index < -0.39 is 21.5 Å². The molecule has 9 heteroatoms. The number of likely N-dealkylation sites (tertiary alicyclic amines) is 1. The summed E-state index contributed by atoms with van der Waals surface area (Å²) in [5.41, 5.74) is 0.769. The van der Waals surface area contributed by atoms with Crippen LogP contribution < -0.4 is 10.0 Å². The highest BCUT2D eigenvalue weighted by Gasteiger charge is 2.25. The quantitative estimate of drug-likeness (QED) is 0.674. The van der Waals surface area contributed by atoms with Gasteiger partial charge in [-0.25, -0.2) is 13.1 Å². The van der Waals surface area contributed by atoms with Crippen molar-refractivity contribution in [3.8, 4) is 0 Å². The summed E-state index contributed by atoms with van der Waals surface area (Å²) in [7, 11) is -3.81. The zero-order chi connectivity index (χ0) is 23.7. The Morgan fingerprint density at radius 2 is 1.66 bits per heavy atom. The van der Waals surface area contributed by atoms with Gasteiger partial charge in [0.15, 0.2) is 0 Å². The van der Waals surface area contributed by atoms with Gasteiger partial charge in [-0.2, -0.15) is 0 Å². The molecule has 0 saturated carbocycles. The van der Waals surface area contributed by atoms with Gasteiger partial charge in [0.05, 0.1) is 16.1 Å². The maximum atomic E-state index is 13.1. The molecular formula is C23H28ClN3O4S. The topological polar surface area (TPSA) is 95.6 Å². The number of amides is 2. The molecule has 32 heavy (non-hydrogen) atoms. The molecule has 1 aliphatic rings. The van der Waals surface area contributed by atoms with Crippen molar-refractivity contribution < 1.29 is 18.0 Å². The number of rotatable bonds is 5. The number of halogens is 1. The smallest absolute Gasteiger partial charge is 0.255 e. The maximum absolute atomic E-state index is 13.1. The van der Waals surface area contributed by atoms with Gasteiger partial charge in [-0.1, -0.05) is 17.7 Å². The number of anilines is 1. The van der Waals surface area contributed by atoms with Crippen LogP contribution in [0.15, 0.2) is 41.3 Å². The molecule has 1 heterocycles. The molecule has 2 amide bonds. The Labute approximate surface area is 194 Å². The summed E-state index contributed by atoms with van der Waals surface area (Å²) in [5, 5.41) is 3.13. The highest BCUT2D eigenvalue weighted by molar-refractivity contribution is 7.89. The van der Waals surface area contributed by atoms with E-state index in [4.69, 9.17) is 11.6 Å². The van der Waals surface area contributed by atoms with Gasteiger partial charge in [0.1, 0.15) is 0 Å². The number of carbonyl (C=O) groups excluding carboxylic acids is 2. The van der Waals surface area contributed by atoms with E-state index >= 15 is 0 Å². The highest BCUT2D eigenvalue weighted by atomic mass is 35.5. The monoisotopic (exact) mass is 477 g/mol. The van der Waals surface area contributed by atoms with E-state index in [1.54, 1.807) is 50.8 Å². The number of nitrogens with zero attached hydrogens (tertiary/aromatic N) is 1. The van der Waals surface area contributed by atoms with Crippen LogP contribution in [-0.4, -0.2) is 43.8 Å². The van der Waals surface area contributed by atoms with E-state index in [2.05, 4.69) is 10.0 Å². The Balaban J connectivity index is 1.93. The van der Waals surface area contributed by atoms with Gasteiger partial charge >= 0.3 is 0 Å². The number of nitrogens with one attached hydrogen (secondary N) is 2. The second-order valence-electron chi connectivity index (χ2n) is 8.98. The minimum absolute atomic E-state index is 0.0114. The first-order valence-corrected chi connectivity index (χ1v) is 12.3. The molecule has 1 aliphatic heterocycles. The molecule has 0 radical (unpaired) electrons. The molecule has 0 atom stereocenters. The number of benzene rings is 2. The number of carbonyl (C=O) groups is 2. The summed E-state index contributed by atoms with van der Waals surface area (Å²) >= 11 is 6.12. The number of hydrogen-bond donors (Lipinski definition) is 2. The standard InChI is InChI=1S/C23H28ClN3O4S/c1-15-7-9-17(32(30,31)26-23(2,3)4)14-19(15)21(28)25-20-13-16(24)8-10-18(20)22(29)27-11-5-6-12-27/h7-10,13-14,26H,5-6,11-12H2,1-4H3,(H,25,28). The first-order chi connectivity index (χ1) is 14.9. The number of hydrogen-bond acceptors (Lipinski definition) is 4. The third kappa shape index (κ3) is 5.68. The van der Waals surface area contributed by atoms with E-state index in [0.717, 1.165) is 12.8 Å². The minimum Gasteiger partial charge on any atom is -0.339 e. The number of aryl methyl sites for hydroxylation is 1. The molecule has 0 aromatic heterocycles. The normalized spacial score (nSPS) is 14.5. The first kappa shape index (κ1) is 24.2. The predicted molar refractivity (Wildman–Crippen MR) is 126 cm³/mol. The molecule has 0 spiro atoms. The number of sulfonamides is 1. The molecule has 172 valence electrons. The van der Waals surface area contributed by atoms with Gasteiger partial charge in [0.25, 0.3) is 11.8 Å². The molecule has 0 unspecified atom stereocenters. The second kappa shape index (κ2) is 9.21. The van der Waals surface area contributed by atoms with Crippen LogP contribution in [0.1, 0.15) is 59.9 Å². The summed E-state index contributed by atoms with van der Waals surface area (Å²) in [4.78, 5) is 27.8. The van der Waals surface area contributed by atoms with Crippen molar-refractivity contribution >= 4 is 39.1 Å². The fourth-order valence-corrected chi connectivity index (χ4v) is 5.18. The zero-order valence-corrected chi connectivity index (χ0v) is 20.2. The summed E-state index contributed by atoms with van der Waals surface area (Å²) in [6.07, 6.45) is 1.90. The summed E-state index contributed by atoms with van der Waals surface area (Å²) in [6, 6.07) is 9.12. The third-order valence-corrected chi connectivity index (χ3v) is 7.05. The van der Waals surface area contributed by atoms with Crippen molar-refractivity contribution in [3.05, 3.63) is 58.1 Å². The van der Waals surface area contributed by atoms with Crippen LogP contribution >= 0.6 is 11.6 Å². The predicted octanol–water partition coefficient (Wildman–Crippen LogP) is 4.21. The lowest BCUT2D eigenvalue weighted by Crippen LogP contribution is -2.40. The van der Waals surface area contributed by atoms with Crippen LogP contribution in [0, 0.1) is 6.92 Å². The van der Waals surface area contributed by atoms with Crippen molar-refractivity contribution in [3.63, 3.8) is 0 Å². The molecule has 3 rings (SSSR count).